The lowest BCUT2D eigenvalue weighted by molar-refractivity contribution is -0.119. The Bertz CT molecular complexity index is 1070. The number of hydrogen-bond acceptors (Lipinski definition) is 5. The second-order valence-corrected chi connectivity index (χ2v) is 7.47. The van der Waals surface area contributed by atoms with Crippen LogP contribution < -0.4 is 10.6 Å². The first-order valence-corrected chi connectivity index (χ1v) is 9.87. The summed E-state index contributed by atoms with van der Waals surface area (Å²) in [5, 5.41) is 17.4. The smallest absolute Gasteiger partial charge is 0.322 e. The van der Waals surface area contributed by atoms with Crippen molar-refractivity contribution in [3.63, 3.8) is 0 Å². The highest BCUT2D eigenvalue weighted by Gasteiger charge is 2.34. The van der Waals surface area contributed by atoms with Gasteiger partial charge in [0, 0.05) is 22.9 Å². The second-order valence-electron chi connectivity index (χ2n) is 7.04. The fourth-order valence-corrected chi connectivity index (χ4v) is 3.72. The fraction of sp³-hybridized carbons (Fsp3) is 0.250. The summed E-state index contributed by atoms with van der Waals surface area (Å²) in [5.74, 6) is -0.219. The lowest BCUT2D eigenvalue weighted by Gasteiger charge is -2.24. The normalized spacial score (nSPS) is 15.8. The van der Waals surface area contributed by atoms with Crippen LogP contribution in [-0.4, -0.2) is 49.6 Å². The third-order valence-corrected chi connectivity index (χ3v) is 5.19. The Morgan fingerprint density at radius 3 is 2.70 bits per heavy atom. The summed E-state index contributed by atoms with van der Waals surface area (Å²) in [7, 11) is 0. The van der Waals surface area contributed by atoms with Crippen LogP contribution in [0, 0.1) is 6.92 Å². The lowest BCUT2D eigenvalue weighted by atomic mass is 10.1. The van der Waals surface area contributed by atoms with Gasteiger partial charge in [-0.1, -0.05) is 17.7 Å². The number of anilines is 2. The van der Waals surface area contributed by atoms with Gasteiger partial charge in [0.25, 0.3) is 0 Å². The van der Waals surface area contributed by atoms with Crippen LogP contribution in [-0.2, 0) is 4.79 Å². The van der Waals surface area contributed by atoms with E-state index < -0.39 is 6.04 Å². The number of rotatable bonds is 4. The molecule has 30 heavy (non-hydrogen) atoms. The van der Waals surface area contributed by atoms with E-state index in [1.54, 1.807) is 39.9 Å². The molecule has 154 valence electrons. The predicted molar refractivity (Wildman–Crippen MR) is 113 cm³/mol. The Hall–Kier alpha value is -3.46. The molecule has 1 saturated heterocycles. The monoisotopic (exact) mass is 425 g/mol. The van der Waals surface area contributed by atoms with Gasteiger partial charge in [0.2, 0.25) is 5.91 Å². The van der Waals surface area contributed by atoms with Crippen LogP contribution >= 0.6 is 11.6 Å². The van der Waals surface area contributed by atoms with E-state index in [0.29, 0.717) is 29.4 Å². The SMILES string of the molecule is Cc1cc(NC(=O)[C@H]2CCCN2C(=O)Nc2cccc(Cl)c2)ccc1-n1cnnn1. The predicted octanol–water partition coefficient (Wildman–Crippen LogP) is 3.26. The number of urea groups is 1. The maximum absolute atomic E-state index is 12.9. The molecule has 1 aliphatic heterocycles. The Labute approximate surface area is 178 Å². The lowest BCUT2D eigenvalue weighted by Crippen LogP contribution is -2.45. The molecule has 3 amide bonds. The molecule has 0 spiro atoms. The molecular weight excluding hydrogens is 406 g/mol. The number of carbonyl (C=O) groups excluding carboxylic acids is 2. The van der Waals surface area contributed by atoms with Gasteiger partial charge in [0.05, 0.1) is 5.69 Å². The zero-order valence-corrected chi connectivity index (χ0v) is 17.0. The van der Waals surface area contributed by atoms with Gasteiger partial charge in [0.15, 0.2) is 0 Å². The average molecular weight is 426 g/mol. The molecule has 2 heterocycles. The number of nitrogens with zero attached hydrogens (tertiary/aromatic N) is 5. The molecule has 3 aromatic rings. The van der Waals surface area contributed by atoms with Gasteiger partial charge >= 0.3 is 6.03 Å². The molecule has 9 nitrogen and oxygen atoms in total. The Morgan fingerprint density at radius 2 is 1.97 bits per heavy atom. The quantitative estimate of drug-likeness (QED) is 0.667. The van der Waals surface area contributed by atoms with E-state index in [0.717, 1.165) is 17.7 Å². The first kappa shape index (κ1) is 19.8. The van der Waals surface area contributed by atoms with E-state index >= 15 is 0 Å². The molecule has 0 saturated carbocycles. The molecule has 10 heteroatoms. The van der Waals surface area contributed by atoms with E-state index in [4.69, 9.17) is 11.6 Å². The highest BCUT2D eigenvalue weighted by molar-refractivity contribution is 6.30. The first-order chi connectivity index (χ1) is 14.5. The minimum Gasteiger partial charge on any atom is -0.324 e. The molecule has 2 aromatic carbocycles. The highest BCUT2D eigenvalue weighted by Crippen LogP contribution is 2.23. The van der Waals surface area contributed by atoms with E-state index in [2.05, 4.69) is 26.2 Å². The first-order valence-electron chi connectivity index (χ1n) is 9.49. The number of tetrazole rings is 1. The van der Waals surface area contributed by atoms with Gasteiger partial charge < -0.3 is 15.5 Å². The fourth-order valence-electron chi connectivity index (χ4n) is 3.53. The number of carbonyl (C=O) groups is 2. The summed E-state index contributed by atoms with van der Waals surface area (Å²) in [6.07, 6.45) is 2.88. The number of amides is 3. The Balaban J connectivity index is 1.43. The molecule has 1 aliphatic rings. The van der Waals surface area contributed by atoms with Crippen LogP contribution in [0.4, 0.5) is 16.2 Å². The topological polar surface area (TPSA) is 105 Å². The largest absolute Gasteiger partial charge is 0.324 e. The molecule has 1 atom stereocenters. The number of likely N-dealkylation sites (tertiary alicyclic amines) is 1. The Morgan fingerprint density at radius 1 is 1.13 bits per heavy atom. The van der Waals surface area contributed by atoms with Crippen molar-refractivity contribution in [3.05, 3.63) is 59.4 Å². The molecule has 0 bridgehead atoms. The van der Waals surface area contributed by atoms with Gasteiger partial charge in [-0.2, -0.15) is 0 Å². The van der Waals surface area contributed by atoms with Crippen molar-refractivity contribution in [3.8, 4) is 5.69 Å². The summed E-state index contributed by atoms with van der Waals surface area (Å²) in [6.45, 7) is 2.43. The van der Waals surface area contributed by atoms with Crippen LogP contribution in [0.15, 0.2) is 48.8 Å². The minimum absolute atomic E-state index is 0.219. The van der Waals surface area contributed by atoms with Crippen LogP contribution in [0.5, 0.6) is 0 Å². The van der Waals surface area contributed by atoms with E-state index in [1.807, 2.05) is 19.1 Å². The number of halogens is 1. The zero-order chi connectivity index (χ0) is 21.1. The van der Waals surface area contributed by atoms with Crippen molar-refractivity contribution in [2.24, 2.45) is 0 Å². The Kier molecular flexibility index (Phi) is 5.62. The van der Waals surface area contributed by atoms with Crippen LogP contribution in [0.2, 0.25) is 5.02 Å². The van der Waals surface area contributed by atoms with Crippen molar-refractivity contribution in [2.45, 2.75) is 25.8 Å². The molecule has 1 aromatic heterocycles. The highest BCUT2D eigenvalue weighted by atomic mass is 35.5. The summed E-state index contributed by atoms with van der Waals surface area (Å²) in [6, 6.07) is 11.5. The number of aromatic nitrogens is 4. The van der Waals surface area contributed by atoms with Crippen molar-refractivity contribution in [1.29, 1.82) is 0 Å². The molecule has 4 rings (SSSR count). The maximum atomic E-state index is 12.9. The molecular formula is C20H20ClN7O2. The van der Waals surface area contributed by atoms with E-state index in [-0.39, 0.29) is 11.9 Å². The summed E-state index contributed by atoms with van der Waals surface area (Å²) in [4.78, 5) is 27.1. The molecule has 0 aliphatic carbocycles. The maximum Gasteiger partial charge on any atom is 0.322 e. The van der Waals surface area contributed by atoms with Crippen LogP contribution in [0.3, 0.4) is 0 Å². The van der Waals surface area contributed by atoms with Gasteiger partial charge in [-0.25, -0.2) is 9.48 Å². The minimum atomic E-state index is -0.538. The zero-order valence-electron chi connectivity index (χ0n) is 16.2. The van der Waals surface area contributed by atoms with Gasteiger partial charge in [-0.15, -0.1) is 5.10 Å². The van der Waals surface area contributed by atoms with Crippen molar-refractivity contribution < 1.29 is 9.59 Å². The number of aryl methyl sites for hydroxylation is 1. The van der Waals surface area contributed by atoms with Crippen molar-refractivity contribution in [1.82, 2.24) is 25.1 Å². The molecule has 1 fully saturated rings. The van der Waals surface area contributed by atoms with Gasteiger partial charge in [-0.3, -0.25) is 4.79 Å². The van der Waals surface area contributed by atoms with Crippen LogP contribution in [0.1, 0.15) is 18.4 Å². The standard InChI is InChI=1S/C20H20ClN7O2/c1-13-10-16(7-8-17(13)28-12-22-25-26-28)23-19(29)18-6-3-9-27(18)20(30)24-15-5-2-4-14(21)11-15/h2,4-5,7-8,10-12,18H,3,6,9H2,1H3,(H,23,29)(H,24,30)/t18-/m1/s1. The number of benzene rings is 2. The van der Waals surface area contributed by atoms with Crippen molar-refractivity contribution in [2.75, 3.05) is 17.2 Å². The third-order valence-electron chi connectivity index (χ3n) is 4.95. The summed E-state index contributed by atoms with van der Waals surface area (Å²) in [5.41, 5.74) is 2.97. The van der Waals surface area contributed by atoms with E-state index in [1.165, 1.54) is 6.33 Å². The van der Waals surface area contributed by atoms with Gasteiger partial charge in [-0.05, 0) is 72.2 Å². The summed E-state index contributed by atoms with van der Waals surface area (Å²) >= 11 is 5.97. The van der Waals surface area contributed by atoms with Crippen LogP contribution in [0.25, 0.3) is 5.69 Å². The third kappa shape index (κ3) is 4.25. The van der Waals surface area contributed by atoms with Crippen molar-refractivity contribution >= 4 is 34.9 Å². The second kappa shape index (κ2) is 8.50. The number of hydrogen-bond donors (Lipinski definition) is 2. The van der Waals surface area contributed by atoms with E-state index in [9.17, 15) is 9.59 Å². The summed E-state index contributed by atoms with van der Waals surface area (Å²) < 4.78 is 1.56. The van der Waals surface area contributed by atoms with Gasteiger partial charge in [0.1, 0.15) is 12.4 Å². The molecule has 0 radical (unpaired) electrons. The molecule has 2 N–H and O–H groups in total. The number of nitrogens with one attached hydrogen (secondary N) is 2. The average Bonchev–Trinajstić information content (AvgIpc) is 3.40. The molecule has 0 unspecified atom stereocenters.